The number of rotatable bonds is 8. The van der Waals surface area contributed by atoms with Crippen LogP contribution in [0.3, 0.4) is 0 Å². The average molecular weight is 464 g/mol. The summed E-state index contributed by atoms with van der Waals surface area (Å²) in [5.74, 6) is 0.334. The van der Waals surface area contributed by atoms with Crippen molar-refractivity contribution < 1.29 is 28.2 Å². The molecule has 1 aliphatic rings. The Morgan fingerprint density at radius 2 is 1.65 bits per heavy atom. The van der Waals surface area contributed by atoms with Crippen LogP contribution < -0.4 is 19.5 Å². The second-order valence-corrected chi connectivity index (χ2v) is 7.82. The fourth-order valence-corrected chi connectivity index (χ4v) is 4.16. The number of fused-ring (bicyclic) bond motifs is 1. The Hall–Kier alpha value is -4.07. The van der Waals surface area contributed by atoms with Crippen molar-refractivity contribution >= 4 is 17.5 Å². The Balaban J connectivity index is 1.61. The lowest BCUT2D eigenvalue weighted by atomic mass is 10.0. The van der Waals surface area contributed by atoms with Gasteiger partial charge in [-0.2, -0.15) is 0 Å². The number of anilines is 1. The number of benzene rings is 3. The molecule has 0 spiro atoms. The summed E-state index contributed by atoms with van der Waals surface area (Å²) in [6.45, 7) is 0.370. The number of ether oxygens (including phenoxy) is 3. The topological polar surface area (TPSA) is 77.1 Å². The summed E-state index contributed by atoms with van der Waals surface area (Å²) in [5, 5.41) is 2.85. The first kappa shape index (κ1) is 23.1. The van der Waals surface area contributed by atoms with E-state index in [2.05, 4.69) is 5.32 Å². The third-order valence-electron chi connectivity index (χ3n) is 5.81. The molecule has 2 amide bonds. The van der Waals surface area contributed by atoms with E-state index < -0.39 is 6.04 Å². The molecule has 0 bridgehead atoms. The molecule has 0 aromatic heterocycles. The Morgan fingerprint density at radius 3 is 2.24 bits per heavy atom. The Bertz CT molecular complexity index is 1190. The van der Waals surface area contributed by atoms with Gasteiger partial charge in [-0.3, -0.25) is 9.59 Å². The first-order chi connectivity index (χ1) is 16.4. The number of nitrogens with zero attached hydrogens (tertiary/aromatic N) is 1. The van der Waals surface area contributed by atoms with E-state index in [1.807, 2.05) is 18.2 Å². The zero-order chi connectivity index (χ0) is 24.2. The molecule has 0 fully saturated rings. The van der Waals surface area contributed by atoms with Gasteiger partial charge in [0.05, 0.1) is 33.8 Å². The Kier molecular flexibility index (Phi) is 6.67. The number of halogens is 1. The highest BCUT2D eigenvalue weighted by Crippen LogP contribution is 2.40. The minimum absolute atomic E-state index is 0.0258. The third kappa shape index (κ3) is 4.52. The van der Waals surface area contributed by atoms with Gasteiger partial charge in [-0.15, -0.1) is 0 Å². The maximum atomic E-state index is 13.6. The quantitative estimate of drug-likeness (QED) is 0.528. The van der Waals surface area contributed by atoms with Crippen molar-refractivity contribution in [1.29, 1.82) is 0 Å². The number of nitrogens with one attached hydrogen (secondary N) is 1. The van der Waals surface area contributed by atoms with Crippen LogP contribution in [-0.2, 0) is 11.3 Å². The van der Waals surface area contributed by atoms with Gasteiger partial charge >= 0.3 is 0 Å². The molecule has 4 rings (SSSR count). The Morgan fingerprint density at radius 1 is 1.00 bits per heavy atom. The van der Waals surface area contributed by atoms with Gasteiger partial charge in [0.15, 0.2) is 11.5 Å². The highest BCUT2D eigenvalue weighted by atomic mass is 19.1. The van der Waals surface area contributed by atoms with Crippen LogP contribution in [0.4, 0.5) is 10.1 Å². The SMILES string of the molecule is COc1cc(NC(=O)C[C@H](c2ccc(F)cc2)N2Cc3ccccc3C2=O)cc(OC)c1OC. The molecule has 0 radical (unpaired) electrons. The molecule has 0 saturated heterocycles. The van der Waals surface area contributed by atoms with E-state index in [1.54, 1.807) is 35.2 Å². The van der Waals surface area contributed by atoms with E-state index in [1.165, 1.54) is 33.5 Å². The molecule has 3 aromatic rings. The molecule has 0 aliphatic carbocycles. The largest absolute Gasteiger partial charge is 0.493 e. The lowest BCUT2D eigenvalue weighted by molar-refractivity contribution is -0.117. The predicted octanol–water partition coefficient (Wildman–Crippen LogP) is 4.58. The van der Waals surface area contributed by atoms with E-state index in [4.69, 9.17) is 14.2 Å². The summed E-state index contributed by atoms with van der Waals surface area (Å²) < 4.78 is 29.6. The summed E-state index contributed by atoms with van der Waals surface area (Å²) in [6, 6.07) is 15.9. The zero-order valence-electron chi connectivity index (χ0n) is 19.1. The van der Waals surface area contributed by atoms with E-state index in [0.717, 1.165) is 5.56 Å². The monoisotopic (exact) mass is 464 g/mol. The van der Waals surface area contributed by atoms with Gasteiger partial charge in [-0.05, 0) is 29.3 Å². The number of hydrogen-bond acceptors (Lipinski definition) is 5. The molecule has 1 heterocycles. The normalized spacial score (nSPS) is 13.3. The van der Waals surface area contributed by atoms with Gasteiger partial charge in [-0.25, -0.2) is 4.39 Å². The van der Waals surface area contributed by atoms with E-state index in [-0.39, 0.29) is 24.1 Å². The maximum absolute atomic E-state index is 13.6. The van der Waals surface area contributed by atoms with Crippen molar-refractivity contribution in [2.75, 3.05) is 26.6 Å². The standard InChI is InChI=1S/C26H25FN2O5/c1-32-22-12-19(13-23(33-2)25(22)34-3)28-24(30)14-21(16-8-10-18(27)11-9-16)29-15-17-6-4-5-7-20(17)26(29)31/h4-13,21H,14-15H2,1-3H3,(H,28,30)/t21-/m1/s1. The van der Waals surface area contributed by atoms with Gasteiger partial charge in [0.25, 0.3) is 5.91 Å². The second-order valence-electron chi connectivity index (χ2n) is 7.82. The number of amides is 2. The molecule has 8 heteroatoms. The fraction of sp³-hybridized carbons (Fsp3) is 0.231. The molecule has 3 aromatic carbocycles. The zero-order valence-corrected chi connectivity index (χ0v) is 19.1. The Labute approximate surface area is 197 Å². The summed E-state index contributed by atoms with van der Waals surface area (Å²) >= 11 is 0. The first-order valence-electron chi connectivity index (χ1n) is 10.7. The highest BCUT2D eigenvalue weighted by molar-refractivity contribution is 5.99. The average Bonchev–Trinajstić information content (AvgIpc) is 3.18. The van der Waals surface area contributed by atoms with Crippen molar-refractivity contribution in [1.82, 2.24) is 4.90 Å². The smallest absolute Gasteiger partial charge is 0.255 e. The molecule has 1 N–H and O–H groups in total. The van der Waals surface area contributed by atoms with E-state index in [9.17, 15) is 14.0 Å². The number of carbonyl (C=O) groups excluding carboxylic acids is 2. The van der Waals surface area contributed by atoms with Crippen LogP contribution in [0.25, 0.3) is 0 Å². The molecule has 0 saturated carbocycles. The fourth-order valence-electron chi connectivity index (χ4n) is 4.16. The van der Waals surface area contributed by atoms with E-state index in [0.29, 0.717) is 40.6 Å². The molecule has 0 unspecified atom stereocenters. The summed E-state index contributed by atoms with van der Waals surface area (Å²) in [4.78, 5) is 27.9. The molecule has 7 nitrogen and oxygen atoms in total. The van der Waals surface area contributed by atoms with Gasteiger partial charge in [0, 0.05) is 29.9 Å². The minimum Gasteiger partial charge on any atom is -0.493 e. The van der Waals surface area contributed by atoms with Gasteiger partial charge < -0.3 is 24.4 Å². The van der Waals surface area contributed by atoms with Crippen molar-refractivity contribution in [3.8, 4) is 17.2 Å². The van der Waals surface area contributed by atoms with Gasteiger partial charge in [0.2, 0.25) is 11.7 Å². The number of hydrogen-bond donors (Lipinski definition) is 1. The van der Waals surface area contributed by atoms with Crippen molar-refractivity contribution in [3.05, 3.63) is 83.2 Å². The van der Waals surface area contributed by atoms with Gasteiger partial charge in [-0.1, -0.05) is 30.3 Å². The highest BCUT2D eigenvalue weighted by Gasteiger charge is 2.34. The summed E-state index contributed by atoms with van der Waals surface area (Å²) in [6.07, 6.45) is -0.0258. The van der Waals surface area contributed by atoms with Crippen molar-refractivity contribution in [2.45, 2.75) is 19.0 Å². The molecule has 176 valence electrons. The lowest BCUT2D eigenvalue weighted by Gasteiger charge is -2.28. The first-order valence-corrected chi connectivity index (χ1v) is 10.7. The minimum atomic E-state index is -0.581. The van der Waals surface area contributed by atoms with Crippen LogP contribution in [0.15, 0.2) is 60.7 Å². The molecular formula is C26H25FN2O5. The van der Waals surface area contributed by atoms with Crippen LogP contribution >= 0.6 is 0 Å². The van der Waals surface area contributed by atoms with Crippen LogP contribution in [0.2, 0.25) is 0 Å². The summed E-state index contributed by atoms with van der Waals surface area (Å²) in [7, 11) is 4.48. The molecular weight excluding hydrogens is 439 g/mol. The maximum Gasteiger partial charge on any atom is 0.255 e. The lowest BCUT2D eigenvalue weighted by Crippen LogP contribution is -2.32. The molecule has 34 heavy (non-hydrogen) atoms. The van der Waals surface area contributed by atoms with Crippen molar-refractivity contribution in [2.24, 2.45) is 0 Å². The van der Waals surface area contributed by atoms with Gasteiger partial charge in [0.1, 0.15) is 5.82 Å². The molecule has 1 aliphatic heterocycles. The van der Waals surface area contributed by atoms with E-state index >= 15 is 0 Å². The van der Waals surface area contributed by atoms with Crippen LogP contribution in [0, 0.1) is 5.82 Å². The van der Waals surface area contributed by atoms with Crippen LogP contribution in [-0.4, -0.2) is 38.0 Å². The van der Waals surface area contributed by atoms with Crippen LogP contribution in [0.1, 0.15) is 33.9 Å². The van der Waals surface area contributed by atoms with Crippen molar-refractivity contribution in [3.63, 3.8) is 0 Å². The summed E-state index contributed by atoms with van der Waals surface area (Å²) in [5.41, 5.74) is 2.63. The number of methoxy groups -OCH3 is 3. The molecule has 1 atom stereocenters. The van der Waals surface area contributed by atoms with Crippen LogP contribution in [0.5, 0.6) is 17.2 Å². The predicted molar refractivity (Wildman–Crippen MR) is 125 cm³/mol. The number of carbonyl (C=O) groups is 2. The second kappa shape index (κ2) is 9.82. The third-order valence-corrected chi connectivity index (χ3v) is 5.81.